The molecule has 2 heterocycles. The molecule has 5 nitrogen and oxygen atoms in total. The highest BCUT2D eigenvalue weighted by atomic mass is 15.1. The predicted molar refractivity (Wildman–Crippen MR) is 153 cm³/mol. The molecule has 0 aliphatic carbocycles. The predicted octanol–water partition coefficient (Wildman–Crippen LogP) is 7.18. The van der Waals surface area contributed by atoms with Gasteiger partial charge < -0.3 is 19.8 Å². The largest absolute Gasteiger partial charge is 0.378 e. The number of imidazole rings is 1. The number of nitrogens with one attached hydrogen (secondary N) is 2. The zero-order valence-electron chi connectivity index (χ0n) is 21.0. The Balaban J connectivity index is 1.31. The van der Waals surface area contributed by atoms with Crippen molar-refractivity contribution >= 4 is 33.3 Å². The minimum atomic E-state index is 0.887. The molecule has 0 fully saturated rings. The van der Waals surface area contributed by atoms with Gasteiger partial charge in [0, 0.05) is 61.7 Å². The monoisotopic (exact) mass is 471 g/mol. The molecule has 0 aliphatic rings. The molecule has 0 aliphatic heterocycles. The van der Waals surface area contributed by atoms with Crippen LogP contribution in [-0.2, 0) is 0 Å². The van der Waals surface area contributed by atoms with Gasteiger partial charge in [0.2, 0.25) is 0 Å². The lowest BCUT2D eigenvalue weighted by molar-refractivity contribution is 1.13. The van der Waals surface area contributed by atoms with Crippen LogP contribution in [0.1, 0.15) is 0 Å². The van der Waals surface area contributed by atoms with E-state index in [0.717, 1.165) is 33.6 Å². The molecule has 0 unspecified atom stereocenters. The van der Waals surface area contributed by atoms with Gasteiger partial charge in [-0.1, -0.05) is 24.3 Å². The summed E-state index contributed by atoms with van der Waals surface area (Å²) in [5.74, 6) is 0.887. The fraction of sp³-hybridized carbons (Fsp3) is 0.129. The Labute approximate surface area is 211 Å². The van der Waals surface area contributed by atoms with Crippen LogP contribution in [0.5, 0.6) is 0 Å². The Bertz CT molecular complexity index is 1540. The summed E-state index contributed by atoms with van der Waals surface area (Å²) >= 11 is 0. The number of aromatic nitrogens is 3. The van der Waals surface area contributed by atoms with Crippen molar-refractivity contribution in [2.75, 3.05) is 38.0 Å². The second-order valence-corrected chi connectivity index (χ2v) is 9.68. The van der Waals surface area contributed by atoms with Crippen molar-refractivity contribution in [3.05, 3.63) is 91.0 Å². The number of benzene rings is 4. The molecule has 36 heavy (non-hydrogen) atoms. The quantitative estimate of drug-likeness (QED) is 0.280. The van der Waals surface area contributed by atoms with Crippen molar-refractivity contribution in [1.29, 1.82) is 0 Å². The summed E-state index contributed by atoms with van der Waals surface area (Å²) in [6, 6.07) is 32.3. The third-order valence-corrected chi connectivity index (χ3v) is 6.79. The van der Waals surface area contributed by atoms with E-state index < -0.39 is 0 Å². The summed E-state index contributed by atoms with van der Waals surface area (Å²) in [6.07, 6.45) is 0. The average Bonchev–Trinajstić information content (AvgIpc) is 3.52. The van der Waals surface area contributed by atoms with Gasteiger partial charge in [0.05, 0.1) is 11.0 Å². The number of rotatable bonds is 5. The molecular formula is C31H29N5. The summed E-state index contributed by atoms with van der Waals surface area (Å²) in [4.78, 5) is 16.1. The van der Waals surface area contributed by atoms with Crippen molar-refractivity contribution in [1.82, 2.24) is 15.0 Å². The maximum atomic E-state index is 4.82. The second-order valence-electron chi connectivity index (χ2n) is 9.68. The fourth-order valence-electron chi connectivity index (χ4n) is 4.65. The summed E-state index contributed by atoms with van der Waals surface area (Å²) in [5, 5.41) is 1.20. The van der Waals surface area contributed by atoms with E-state index in [9.17, 15) is 0 Å². The maximum Gasteiger partial charge on any atom is 0.138 e. The van der Waals surface area contributed by atoms with Crippen LogP contribution < -0.4 is 9.80 Å². The molecule has 0 saturated heterocycles. The van der Waals surface area contributed by atoms with Crippen LogP contribution in [0.25, 0.3) is 55.7 Å². The van der Waals surface area contributed by atoms with Gasteiger partial charge in [0.15, 0.2) is 0 Å². The lowest BCUT2D eigenvalue weighted by Crippen LogP contribution is -2.07. The van der Waals surface area contributed by atoms with Gasteiger partial charge in [-0.2, -0.15) is 0 Å². The minimum absolute atomic E-state index is 0.887. The van der Waals surface area contributed by atoms with E-state index in [-0.39, 0.29) is 0 Å². The van der Waals surface area contributed by atoms with Crippen LogP contribution in [0, 0.1) is 0 Å². The van der Waals surface area contributed by atoms with Crippen LogP contribution in [0.15, 0.2) is 91.0 Å². The van der Waals surface area contributed by atoms with Gasteiger partial charge in [-0.25, -0.2) is 4.98 Å². The van der Waals surface area contributed by atoms with Crippen molar-refractivity contribution < 1.29 is 0 Å². The Morgan fingerprint density at radius 2 is 1.11 bits per heavy atom. The van der Waals surface area contributed by atoms with Gasteiger partial charge in [0.25, 0.3) is 0 Å². The lowest BCUT2D eigenvalue weighted by Gasteiger charge is -2.12. The Morgan fingerprint density at radius 3 is 1.78 bits per heavy atom. The lowest BCUT2D eigenvalue weighted by atomic mass is 10.0. The number of fused-ring (bicyclic) bond motifs is 2. The summed E-state index contributed by atoms with van der Waals surface area (Å²) in [7, 11) is 8.21. The molecule has 0 amide bonds. The summed E-state index contributed by atoms with van der Waals surface area (Å²) in [6.45, 7) is 0. The number of H-pyrrole nitrogens is 2. The summed E-state index contributed by atoms with van der Waals surface area (Å²) < 4.78 is 0. The van der Waals surface area contributed by atoms with Crippen LogP contribution >= 0.6 is 0 Å². The van der Waals surface area contributed by atoms with Crippen LogP contribution in [0.2, 0.25) is 0 Å². The van der Waals surface area contributed by atoms with Crippen LogP contribution in [0.3, 0.4) is 0 Å². The first-order chi connectivity index (χ1) is 17.4. The third kappa shape index (κ3) is 3.99. The van der Waals surface area contributed by atoms with Crippen molar-refractivity contribution in [3.63, 3.8) is 0 Å². The van der Waals surface area contributed by atoms with E-state index in [0.29, 0.717) is 0 Å². The molecular weight excluding hydrogens is 442 g/mol. The first-order valence-corrected chi connectivity index (χ1v) is 12.1. The zero-order chi connectivity index (χ0) is 24.8. The van der Waals surface area contributed by atoms with Gasteiger partial charge in [-0.3, -0.25) is 0 Å². The van der Waals surface area contributed by atoms with Crippen molar-refractivity contribution in [2.45, 2.75) is 0 Å². The Hall–Kier alpha value is -4.51. The van der Waals surface area contributed by atoms with E-state index in [4.69, 9.17) is 4.98 Å². The number of hydrogen-bond donors (Lipinski definition) is 2. The molecule has 0 saturated carbocycles. The molecule has 0 radical (unpaired) electrons. The van der Waals surface area contributed by atoms with Crippen molar-refractivity contribution in [2.24, 2.45) is 0 Å². The Kier molecular flexibility index (Phi) is 5.26. The molecule has 6 aromatic rings. The van der Waals surface area contributed by atoms with E-state index >= 15 is 0 Å². The molecule has 2 aromatic heterocycles. The fourth-order valence-corrected chi connectivity index (χ4v) is 4.65. The molecule has 5 heteroatoms. The minimum Gasteiger partial charge on any atom is -0.378 e. The third-order valence-electron chi connectivity index (χ3n) is 6.79. The van der Waals surface area contributed by atoms with Gasteiger partial charge in [0.1, 0.15) is 5.82 Å². The van der Waals surface area contributed by atoms with Gasteiger partial charge >= 0.3 is 0 Å². The zero-order valence-corrected chi connectivity index (χ0v) is 21.0. The number of aromatic amines is 2. The second kappa shape index (κ2) is 8.61. The van der Waals surface area contributed by atoms with Gasteiger partial charge in [-0.15, -0.1) is 0 Å². The normalized spacial score (nSPS) is 11.3. The molecule has 0 spiro atoms. The average molecular weight is 472 g/mol. The maximum absolute atomic E-state index is 4.82. The molecule has 6 rings (SSSR count). The first-order valence-electron chi connectivity index (χ1n) is 12.1. The first kappa shape index (κ1) is 22.0. The van der Waals surface area contributed by atoms with E-state index in [1.54, 1.807) is 0 Å². The smallest absolute Gasteiger partial charge is 0.138 e. The van der Waals surface area contributed by atoms with E-state index in [2.05, 4.69) is 125 Å². The SMILES string of the molecule is CN(C)c1ccc(-c2cc3cc(-c4ccc5nc(-c6ccc(N(C)C)cc6)[nH]c5c4)ccc3[nH]2)cc1. The number of nitrogens with zero attached hydrogens (tertiary/aromatic N) is 3. The molecule has 178 valence electrons. The highest BCUT2D eigenvalue weighted by Crippen LogP contribution is 2.31. The topological polar surface area (TPSA) is 51.0 Å². The van der Waals surface area contributed by atoms with E-state index in [1.807, 2.05) is 14.1 Å². The highest BCUT2D eigenvalue weighted by molar-refractivity contribution is 5.91. The van der Waals surface area contributed by atoms with Crippen LogP contribution in [-0.4, -0.2) is 43.1 Å². The number of hydrogen-bond acceptors (Lipinski definition) is 3. The molecule has 4 aromatic carbocycles. The van der Waals surface area contributed by atoms with Gasteiger partial charge in [-0.05, 0) is 83.4 Å². The molecule has 2 N–H and O–H groups in total. The van der Waals surface area contributed by atoms with Crippen molar-refractivity contribution in [3.8, 4) is 33.8 Å². The van der Waals surface area contributed by atoms with E-state index in [1.165, 1.54) is 33.5 Å². The Morgan fingerprint density at radius 1 is 0.528 bits per heavy atom. The molecule has 0 atom stereocenters. The van der Waals surface area contributed by atoms with Crippen LogP contribution in [0.4, 0.5) is 11.4 Å². The summed E-state index contributed by atoms with van der Waals surface area (Å²) in [5.41, 5.74) is 11.3. The molecule has 0 bridgehead atoms. The standard InChI is InChI=1S/C31H29N5/c1-35(2)25-11-5-20(6-12-25)29-19-24-17-22(9-15-27(24)32-29)23-10-16-28-30(18-23)34-31(33-28)21-7-13-26(14-8-21)36(3)4/h5-19,32H,1-4H3,(H,33,34). The highest BCUT2D eigenvalue weighted by Gasteiger charge is 2.10. The number of anilines is 2.